The molecule has 7 heteroatoms. The highest BCUT2D eigenvalue weighted by molar-refractivity contribution is 5.94. The number of aryl methyl sites for hydroxylation is 1. The summed E-state index contributed by atoms with van der Waals surface area (Å²) in [4.78, 5) is 29.9. The molecule has 3 heterocycles. The first-order valence-corrected chi connectivity index (χ1v) is 9.04. The summed E-state index contributed by atoms with van der Waals surface area (Å²) in [6.07, 6.45) is 3.39. The minimum Gasteiger partial charge on any atom is -0.383 e. The number of carbonyl (C=O) groups excluding carboxylic acids is 1. The average Bonchev–Trinajstić information content (AvgIpc) is 2.68. The molecule has 1 fully saturated rings. The third-order valence-electron chi connectivity index (χ3n) is 4.83. The molecule has 0 atom stereocenters. The fourth-order valence-electron chi connectivity index (χ4n) is 3.39. The Bertz CT molecular complexity index is 981. The summed E-state index contributed by atoms with van der Waals surface area (Å²) in [5.41, 5.74) is 8.57. The quantitative estimate of drug-likeness (QED) is 0.765. The van der Waals surface area contributed by atoms with E-state index >= 15 is 0 Å². The monoisotopic (exact) mass is 362 g/mol. The second kappa shape index (κ2) is 7.28. The van der Waals surface area contributed by atoms with Crippen molar-refractivity contribution in [3.8, 4) is 0 Å². The van der Waals surface area contributed by atoms with Gasteiger partial charge in [0.2, 0.25) is 0 Å². The Hall–Kier alpha value is -3.06. The van der Waals surface area contributed by atoms with E-state index in [1.807, 2.05) is 42.2 Å². The Balaban J connectivity index is 1.40. The van der Waals surface area contributed by atoms with Gasteiger partial charge in [-0.15, -0.1) is 0 Å². The van der Waals surface area contributed by atoms with Crippen LogP contribution in [0.15, 0.2) is 42.7 Å². The Morgan fingerprint density at radius 3 is 2.67 bits per heavy atom. The third-order valence-corrected chi connectivity index (χ3v) is 4.83. The molecule has 27 heavy (non-hydrogen) atoms. The zero-order chi connectivity index (χ0) is 18.8. The number of nitrogen functional groups attached to an aromatic ring is 1. The number of nitrogens with two attached hydrogens (primary N) is 1. The van der Waals surface area contributed by atoms with Gasteiger partial charge in [0.25, 0.3) is 5.91 Å². The molecule has 1 aromatic carbocycles. The number of amides is 1. The molecule has 1 saturated heterocycles. The van der Waals surface area contributed by atoms with E-state index in [2.05, 4.69) is 19.9 Å². The molecule has 2 aromatic heterocycles. The maximum atomic E-state index is 12.6. The number of piperazine rings is 1. The molecule has 1 amide bonds. The van der Waals surface area contributed by atoms with Crippen molar-refractivity contribution in [3.63, 3.8) is 0 Å². The molecule has 2 N–H and O–H groups in total. The zero-order valence-corrected chi connectivity index (χ0v) is 15.3. The first-order valence-electron chi connectivity index (χ1n) is 9.04. The Kier molecular flexibility index (Phi) is 4.68. The van der Waals surface area contributed by atoms with Crippen LogP contribution in [0.1, 0.15) is 21.7 Å². The molecule has 0 unspecified atom stereocenters. The summed E-state index contributed by atoms with van der Waals surface area (Å²) in [6.45, 7) is 5.48. The van der Waals surface area contributed by atoms with Crippen LogP contribution in [0.3, 0.4) is 0 Å². The Morgan fingerprint density at radius 1 is 1.11 bits per heavy atom. The van der Waals surface area contributed by atoms with E-state index in [1.165, 1.54) is 0 Å². The van der Waals surface area contributed by atoms with Crippen molar-refractivity contribution >= 4 is 22.6 Å². The number of anilines is 1. The number of nitrogens with zero attached hydrogens (tertiary/aromatic N) is 5. The first-order chi connectivity index (χ1) is 13.1. The maximum absolute atomic E-state index is 12.6. The number of hydrogen-bond acceptors (Lipinski definition) is 6. The van der Waals surface area contributed by atoms with Crippen molar-refractivity contribution in [2.75, 3.05) is 31.9 Å². The summed E-state index contributed by atoms with van der Waals surface area (Å²) >= 11 is 0. The zero-order valence-electron chi connectivity index (χ0n) is 15.3. The van der Waals surface area contributed by atoms with Crippen molar-refractivity contribution in [2.45, 2.75) is 13.5 Å². The SMILES string of the molecule is Cc1cncc(C(=O)N2CCN(Cc3nc(N)c4ccccc4n3)CC2)c1. The topological polar surface area (TPSA) is 88.2 Å². The van der Waals surface area contributed by atoms with E-state index < -0.39 is 0 Å². The van der Waals surface area contributed by atoms with Crippen LogP contribution in [0.4, 0.5) is 5.82 Å². The summed E-state index contributed by atoms with van der Waals surface area (Å²) < 4.78 is 0. The van der Waals surface area contributed by atoms with Crippen LogP contribution in [0.25, 0.3) is 10.9 Å². The van der Waals surface area contributed by atoms with Crippen LogP contribution in [0, 0.1) is 6.92 Å². The van der Waals surface area contributed by atoms with E-state index in [9.17, 15) is 4.79 Å². The predicted octanol–water partition coefficient (Wildman–Crippen LogP) is 1.87. The van der Waals surface area contributed by atoms with E-state index in [0.717, 1.165) is 29.6 Å². The normalized spacial score (nSPS) is 15.2. The molecule has 3 aromatic rings. The molecule has 138 valence electrons. The van der Waals surface area contributed by atoms with Gasteiger partial charge >= 0.3 is 0 Å². The van der Waals surface area contributed by atoms with Crippen molar-refractivity contribution in [3.05, 3.63) is 59.7 Å². The van der Waals surface area contributed by atoms with E-state index in [-0.39, 0.29) is 5.91 Å². The van der Waals surface area contributed by atoms with Gasteiger partial charge in [-0.2, -0.15) is 0 Å². The molecule has 0 aliphatic carbocycles. The Morgan fingerprint density at radius 2 is 1.89 bits per heavy atom. The van der Waals surface area contributed by atoms with Crippen molar-refractivity contribution < 1.29 is 4.79 Å². The van der Waals surface area contributed by atoms with Crippen LogP contribution in [-0.2, 0) is 6.54 Å². The number of fused-ring (bicyclic) bond motifs is 1. The lowest BCUT2D eigenvalue weighted by molar-refractivity contribution is 0.0625. The second-order valence-electron chi connectivity index (χ2n) is 6.86. The minimum atomic E-state index is 0.0389. The van der Waals surface area contributed by atoms with Gasteiger partial charge in [0.05, 0.1) is 17.6 Å². The second-order valence-corrected chi connectivity index (χ2v) is 6.86. The molecule has 4 rings (SSSR count). The van der Waals surface area contributed by atoms with Gasteiger partial charge in [-0.25, -0.2) is 9.97 Å². The van der Waals surface area contributed by atoms with Crippen LogP contribution in [0.5, 0.6) is 0 Å². The molecule has 0 spiro atoms. The number of pyridine rings is 1. The number of hydrogen-bond donors (Lipinski definition) is 1. The first kappa shape index (κ1) is 17.4. The van der Waals surface area contributed by atoms with Crippen LogP contribution < -0.4 is 5.73 Å². The predicted molar refractivity (Wildman–Crippen MR) is 104 cm³/mol. The standard InChI is InChI=1S/C20H22N6O/c1-14-10-15(12-22-11-14)20(27)26-8-6-25(7-9-26)13-18-23-17-5-3-2-4-16(17)19(21)24-18/h2-5,10-12H,6-9,13H2,1H3,(H2,21,23,24). The number of carbonyl (C=O) groups is 1. The lowest BCUT2D eigenvalue weighted by atomic mass is 10.2. The molecule has 1 aliphatic heterocycles. The smallest absolute Gasteiger partial charge is 0.255 e. The molecule has 0 saturated carbocycles. The van der Waals surface area contributed by atoms with Crippen LogP contribution in [0.2, 0.25) is 0 Å². The molecular formula is C20H22N6O. The van der Waals surface area contributed by atoms with Gasteiger partial charge in [0, 0.05) is 44.0 Å². The van der Waals surface area contributed by atoms with Gasteiger partial charge < -0.3 is 10.6 Å². The highest BCUT2D eigenvalue weighted by Crippen LogP contribution is 2.18. The molecule has 7 nitrogen and oxygen atoms in total. The lowest BCUT2D eigenvalue weighted by Crippen LogP contribution is -2.48. The molecule has 1 aliphatic rings. The third kappa shape index (κ3) is 3.73. The van der Waals surface area contributed by atoms with Crippen LogP contribution >= 0.6 is 0 Å². The van der Waals surface area contributed by atoms with Gasteiger partial charge in [0.15, 0.2) is 0 Å². The number of para-hydroxylation sites is 1. The summed E-state index contributed by atoms with van der Waals surface area (Å²) in [5, 5.41) is 0.878. The van der Waals surface area contributed by atoms with Crippen molar-refractivity contribution in [1.82, 2.24) is 24.8 Å². The highest BCUT2D eigenvalue weighted by atomic mass is 16.2. The summed E-state index contributed by atoms with van der Waals surface area (Å²) in [5.74, 6) is 1.27. The Labute approximate surface area is 157 Å². The fourth-order valence-corrected chi connectivity index (χ4v) is 3.39. The van der Waals surface area contributed by atoms with Gasteiger partial charge in [0.1, 0.15) is 11.6 Å². The average molecular weight is 362 g/mol. The number of benzene rings is 1. The maximum Gasteiger partial charge on any atom is 0.255 e. The molecule has 0 bridgehead atoms. The largest absolute Gasteiger partial charge is 0.383 e. The van der Waals surface area contributed by atoms with Crippen LogP contribution in [-0.4, -0.2) is 56.8 Å². The van der Waals surface area contributed by atoms with Gasteiger partial charge in [-0.1, -0.05) is 12.1 Å². The summed E-state index contributed by atoms with van der Waals surface area (Å²) in [7, 11) is 0. The van der Waals surface area contributed by atoms with E-state index in [4.69, 9.17) is 5.73 Å². The van der Waals surface area contributed by atoms with Crippen molar-refractivity contribution in [1.29, 1.82) is 0 Å². The van der Waals surface area contributed by atoms with E-state index in [1.54, 1.807) is 12.4 Å². The molecule has 0 radical (unpaired) electrons. The fraction of sp³-hybridized carbons (Fsp3) is 0.300. The molecular weight excluding hydrogens is 340 g/mol. The van der Waals surface area contributed by atoms with Gasteiger partial charge in [-0.3, -0.25) is 14.7 Å². The van der Waals surface area contributed by atoms with Gasteiger partial charge in [-0.05, 0) is 30.7 Å². The minimum absolute atomic E-state index is 0.0389. The number of aromatic nitrogens is 3. The van der Waals surface area contributed by atoms with E-state index in [0.29, 0.717) is 36.8 Å². The van der Waals surface area contributed by atoms with Crippen molar-refractivity contribution in [2.24, 2.45) is 0 Å². The number of rotatable bonds is 3. The summed E-state index contributed by atoms with van der Waals surface area (Å²) in [6, 6.07) is 9.64. The lowest BCUT2D eigenvalue weighted by Gasteiger charge is -2.34. The highest BCUT2D eigenvalue weighted by Gasteiger charge is 2.23.